The first-order valence-corrected chi connectivity index (χ1v) is 8.56. The van der Waals surface area contributed by atoms with E-state index in [1.54, 1.807) is 12.5 Å². The number of benzene rings is 1. The van der Waals surface area contributed by atoms with Gasteiger partial charge in [-0.1, -0.05) is 0 Å². The maximum absolute atomic E-state index is 13.1. The summed E-state index contributed by atoms with van der Waals surface area (Å²) in [7, 11) is 0. The topological polar surface area (TPSA) is 119 Å². The zero-order valence-electron chi connectivity index (χ0n) is 13.8. The lowest BCUT2D eigenvalue weighted by Crippen LogP contribution is -2.10. The van der Waals surface area contributed by atoms with Crippen LogP contribution in [0.4, 0.5) is 30.6 Å². The highest BCUT2D eigenvalue weighted by Crippen LogP contribution is 2.37. The highest BCUT2D eigenvalue weighted by Gasteiger charge is 2.31. The molecule has 1 aromatic carbocycles. The molecule has 0 saturated heterocycles. The highest BCUT2D eigenvalue weighted by atomic mass is 79.9. The van der Waals surface area contributed by atoms with E-state index in [2.05, 4.69) is 41.2 Å². The Balaban J connectivity index is 1.92. The number of nitrogens with zero attached hydrogens (tertiary/aromatic N) is 3. The molecular weight excluding hydrogens is 427 g/mol. The molecular formula is C16H15BrF3N7. The van der Waals surface area contributed by atoms with Gasteiger partial charge in [-0.15, -0.1) is 0 Å². The fourth-order valence-electron chi connectivity index (χ4n) is 2.46. The average Bonchev–Trinajstić information content (AvgIpc) is 3.09. The Morgan fingerprint density at radius 2 is 1.93 bits per heavy atom. The number of hydrogen-bond acceptors (Lipinski definition) is 6. The van der Waals surface area contributed by atoms with Crippen molar-refractivity contribution in [3.05, 3.63) is 46.5 Å². The third kappa shape index (κ3) is 4.48. The van der Waals surface area contributed by atoms with Gasteiger partial charge in [-0.05, 0) is 34.1 Å². The zero-order valence-corrected chi connectivity index (χ0v) is 15.4. The minimum Gasteiger partial charge on any atom is -0.399 e. The van der Waals surface area contributed by atoms with Gasteiger partial charge in [0.25, 0.3) is 0 Å². The molecule has 0 fully saturated rings. The Morgan fingerprint density at radius 3 is 2.59 bits per heavy atom. The number of imidazole rings is 1. The summed E-state index contributed by atoms with van der Waals surface area (Å²) in [6.07, 6.45) is -0.572. The predicted octanol–water partition coefficient (Wildman–Crippen LogP) is 3.47. The molecule has 3 rings (SSSR count). The van der Waals surface area contributed by atoms with Gasteiger partial charge in [0.05, 0.1) is 27.8 Å². The largest absolute Gasteiger partial charge is 0.416 e. The molecule has 11 heteroatoms. The van der Waals surface area contributed by atoms with Crippen molar-refractivity contribution < 1.29 is 13.2 Å². The third-order valence-corrected chi connectivity index (χ3v) is 4.40. The Morgan fingerprint density at radius 1 is 1.15 bits per heavy atom. The summed E-state index contributed by atoms with van der Waals surface area (Å²) in [4.78, 5) is 15.1. The maximum atomic E-state index is 13.1. The fraction of sp³-hybridized carbons (Fsp3) is 0.188. The average molecular weight is 442 g/mol. The molecule has 2 heterocycles. The standard InChI is InChI=1S/C16H15BrF3N7/c17-12-13(8-3-9(16(18,19)20)5-10(21)4-8)26-15(22)27-14(12)24-2-1-11-6-23-7-25-11/h3-7H,1-2,21H2,(H,23,25)(H3,22,24,26,27). The molecule has 0 aliphatic carbocycles. The van der Waals surface area contributed by atoms with Crippen molar-refractivity contribution in [3.63, 3.8) is 0 Å². The lowest BCUT2D eigenvalue weighted by atomic mass is 10.1. The van der Waals surface area contributed by atoms with E-state index >= 15 is 0 Å². The number of nitrogens with two attached hydrogens (primary N) is 2. The Hall–Kier alpha value is -2.82. The number of halogens is 4. The van der Waals surface area contributed by atoms with Crippen molar-refractivity contribution >= 4 is 33.4 Å². The summed E-state index contributed by atoms with van der Waals surface area (Å²) < 4.78 is 39.6. The molecule has 0 spiro atoms. The number of hydrogen-bond donors (Lipinski definition) is 4. The van der Waals surface area contributed by atoms with Gasteiger partial charge >= 0.3 is 6.18 Å². The molecule has 0 bridgehead atoms. The molecule has 2 aromatic heterocycles. The summed E-state index contributed by atoms with van der Waals surface area (Å²) in [5.41, 5.74) is 11.7. The van der Waals surface area contributed by atoms with Crippen LogP contribution in [-0.2, 0) is 12.6 Å². The second-order valence-electron chi connectivity index (χ2n) is 5.67. The molecule has 6 N–H and O–H groups in total. The first-order valence-electron chi connectivity index (χ1n) is 7.76. The van der Waals surface area contributed by atoms with E-state index in [0.717, 1.165) is 17.8 Å². The summed E-state index contributed by atoms with van der Waals surface area (Å²) in [6.45, 7) is 0.490. The number of aromatic nitrogens is 4. The predicted molar refractivity (Wildman–Crippen MR) is 99.8 cm³/mol. The molecule has 7 nitrogen and oxygen atoms in total. The molecule has 0 radical (unpaired) electrons. The van der Waals surface area contributed by atoms with E-state index < -0.39 is 11.7 Å². The Bertz CT molecular complexity index is 942. The maximum Gasteiger partial charge on any atom is 0.416 e. The van der Waals surface area contributed by atoms with Gasteiger partial charge in [-0.2, -0.15) is 18.2 Å². The lowest BCUT2D eigenvalue weighted by molar-refractivity contribution is -0.137. The highest BCUT2D eigenvalue weighted by molar-refractivity contribution is 9.10. The number of aromatic amines is 1. The van der Waals surface area contributed by atoms with E-state index in [-0.39, 0.29) is 22.9 Å². The fourth-order valence-corrected chi connectivity index (χ4v) is 3.01. The number of nitrogens with one attached hydrogen (secondary N) is 2. The molecule has 0 aliphatic rings. The summed E-state index contributed by atoms with van der Waals surface area (Å²) >= 11 is 3.34. The Labute approximate surface area is 160 Å². The molecule has 27 heavy (non-hydrogen) atoms. The Kier molecular flexibility index (Phi) is 5.22. The molecule has 0 atom stereocenters. The number of anilines is 3. The van der Waals surface area contributed by atoms with Gasteiger partial charge in [-0.25, -0.2) is 9.97 Å². The first kappa shape index (κ1) is 19.0. The smallest absolute Gasteiger partial charge is 0.399 e. The number of alkyl halides is 3. The summed E-state index contributed by atoms with van der Waals surface area (Å²) in [5.74, 6) is 0.287. The monoisotopic (exact) mass is 441 g/mol. The molecule has 3 aromatic rings. The van der Waals surface area contributed by atoms with Crippen LogP contribution in [0.15, 0.2) is 35.2 Å². The van der Waals surface area contributed by atoms with Crippen molar-refractivity contribution in [3.8, 4) is 11.3 Å². The van der Waals surface area contributed by atoms with E-state index in [9.17, 15) is 13.2 Å². The molecule has 0 aliphatic heterocycles. The van der Waals surface area contributed by atoms with Crippen molar-refractivity contribution in [2.45, 2.75) is 12.6 Å². The van der Waals surface area contributed by atoms with Crippen LogP contribution in [-0.4, -0.2) is 26.5 Å². The van der Waals surface area contributed by atoms with Gasteiger partial charge in [0.15, 0.2) is 0 Å². The van der Waals surface area contributed by atoms with Crippen molar-refractivity contribution in [2.24, 2.45) is 0 Å². The third-order valence-electron chi connectivity index (χ3n) is 3.65. The summed E-state index contributed by atoms with van der Waals surface area (Å²) in [6, 6.07) is 3.23. The van der Waals surface area contributed by atoms with E-state index in [1.165, 1.54) is 6.07 Å². The SMILES string of the molecule is Nc1cc(-c2nc(N)nc(NCCc3c[nH]cn3)c2Br)cc(C(F)(F)F)c1. The second-order valence-corrected chi connectivity index (χ2v) is 6.46. The zero-order chi connectivity index (χ0) is 19.6. The normalized spacial score (nSPS) is 11.6. The molecule has 142 valence electrons. The number of nitrogen functional groups attached to an aromatic ring is 2. The number of H-pyrrole nitrogens is 1. The van der Waals surface area contributed by atoms with Gasteiger partial charge in [0, 0.05) is 30.4 Å². The van der Waals surface area contributed by atoms with Crippen LogP contribution in [0, 0.1) is 0 Å². The van der Waals surface area contributed by atoms with Crippen LogP contribution in [0.5, 0.6) is 0 Å². The second kappa shape index (κ2) is 7.43. The van der Waals surface area contributed by atoms with E-state index in [4.69, 9.17) is 11.5 Å². The minimum atomic E-state index is -4.53. The summed E-state index contributed by atoms with van der Waals surface area (Å²) in [5, 5.41) is 3.08. The molecule has 0 amide bonds. The van der Waals surface area contributed by atoms with Crippen LogP contribution in [0.1, 0.15) is 11.3 Å². The quantitative estimate of drug-likeness (QED) is 0.450. The minimum absolute atomic E-state index is 0.0306. The first-order chi connectivity index (χ1) is 12.7. The van der Waals surface area contributed by atoms with Crippen LogP contribution in [0.25, 0.3) is 11.3 Å². The van der Waals surface area contributed by atoms with Crippen LogP contribution >= 0.6 is 15.9 Å². The van der Waals surface area contributed by atoms with Gasteiger partial charge in [0.1, 0.15) is 5.82 Å². The van der Waals surface area contributed by atoms with Crippen LogP contribution in [0.3, 0.4) is 0 Å². The van der Waals surface area contributed by atoms with Gasteiger partial charge in [0.2, 0.25) is 5.95 Å². The van der Waals surface area contributed by atoms with E-state index in [0.29, 0.717) is 23.3 Å². The van der Waals surface area contributed by atoms with Crippen molar-refractivity contribution in [1.29, 1.82) is 0 Å². The van der Waals surface area contributed by atoms with Gasteiger partial charge < -0.3 is 21.8 Å². The molecule has 0 unspecified atom stereocenters. The molecule has 0 saturated carbocycles. The number of rotatable bonds is 5. The lowest BCUT2D eigenvalue weighted by Gasteiger charge is -2.14. The van der Waals surface area contributed by atoms with Crippen molar-refractivity contribution in [2.75, 3.05) is 23.3 Å². The van der Waals surface area contributed by atoms with Crippen molar-refractivity contribution in [1.82, 2.24) is 19.9 Å². The van der Waals surface area contributed by atoms with Crippen LogP contribution in [0.2, 0.25) is 0 Å². The van der Waals surface area contributed by atoms with E-state index in [1.807, 2.05) is 0 Å². The van der Waals surface area contributed by atoms with Crippen LogP contribution < -0.4 is 16.8 Å². The van der Waals surface area contributed by atoms with Gasteiger partial charge in [-0.3, -0.25) is 0 Å².